The van der Waals surface area contributed by atoms with Crippen LogP contribution in [0.15, 0.2) is 22.7 Å². The van der Waals surface area contributed by atoms with Crippen molar-refractivity contribution in [2.45, 2.75) is 25.3 Å². The zero-order chi connectivity index (χ0) is 9.84. The van der Waals surface area contributed by atoms with Gasteiger partial charge >= 0.3 is 0 Å². The van der Waals surface area contributed by atoms with Gasteiger partial charge in [0, 0.05) is 5.33 Å². The van der Waals surface area contributed by atoms with Crippen molar-refractivity contribution in [2.75, 3.05) is 0 Å². The summed E-state index contributed by atoms with van der Waals surface area (Å²) in [4.78, 5) is 0. The van der Waals surface area contributed by atoms with Gasteiger partial charge in [0.2, 0.25) is 0 Å². The monoisotopic (exact) mass is 306 g/mol. The Balaban J connectivity index is 2.90. The average molecular weight is 308 g/mol. The van der Waals surface area contributed by atoms with Gasteiger partial charge in [0.15, 0.2) is 0 Å². The zero-order valence-electron chi connectivity index (χ0n) is 7.68. The lowest BCUT2D eigenvalue weighted by Gasteiger charge is -2.12. The van der Waals surface area contributed by atoms with Crippen LogP contribution >= 0.6 is 31.9 Å². The predicted octanol–water partition coefficient (Wildman–Crippen LogP) is 4.13. The quantitative estimate of drug-likeness (QED) is 0.763. The Bertz CT molecular complexity index is 284. The molecule has 0 unspecified atom stereocenters. The van der Waals surface area contributed by atoms with Crippen molar-refractivity contribution in [1.29, 1.82) is 0 Å². The van der Waals surface area contributed by atoms with Gasteiger partial charge < -0.3 is 4.74 Å². The van der Waals surface area contributed by atoms with E-state index in [9.17, 15) is 0 Å². The second-order valence-corrected chi connectivity index (χ2v) is 4.48. The Morgan fingerprint density at radius 2 is 2.08 bits per heavy atom. The molecule has 72 valence electrons. The van der Waals surface area contributed by atoms with Crippen LogP contribution in [0.25, 0.3) is 0 Å². The fraction of sp³-hybridized carbons (Fsp3) is 0.400. The topological polar surface area (TPSA) is 9.23 Å². The van der Waals surface area contributed by atoms with E-state index in [0.29, 0.717) is 0 Å². The van der Waals surface area contributed by atoms with Gasteiger partial charge in [-0.15, -0.1) is 0 Å². The second-order valence-electron chi connectivity index (χ2n) is 3.07. The molecular formula is C10H12Br2O. The highest BCUT2D eigenvalue weighted by atomic mass is 79.9. The lowest BCUT2D eigenvalue weighted by molar-refractivity contribution is 0.240. The molecule has 0 saturated carbocycles. The summed E-state index contributed by atoms with van der Waals surface area (Å²) in [5.74, 6) is 0.909. The van der Waals surface area contributed by atoms with Gasteiger partial charge in [0.1, 0.15) is 5.75 Å². The van der Waals surface area contributed by atoms with Crippen LogP contribution < -0.4 is 4.74 Å². The summed E-state index contributed by atoms with van der Waals surface area (Å²) in [6, 6.07) is 6.11. The third-order valence-corrected chi connectivity index (χ3v) is 2.82. The molecule has 0 aliphatic heterocycles. The molecule has 0 aromatic heterocycles. The van der Waals surface area contributed by atoms with Crippen LogP contribution in [0.4, 0.5) is 0 Å². The van der Waals surface area contributed by atoms with Crippen LogP contribution in [0.2, 0.25) is 0 Å². The molecule has 0 N–H and O–H groups in total. The summed E-state index contributed by atoms with van der Waals surface area (Å²) in [6.45, 7) is 4.04. The third kappa shape index (κ3) is 3.31. The van der Waals surface area contributed by atoms with E-state index in [1.54, 1.807) is 0 Å². The summed E-state index contributed by atoms with van der Waals surface area (Å²) in [7, 11) is 0. The van der Waals surface area contributed by atoms with Crippen LogP contribution in [0.3, 0.4) is 0 Å². The van der Waals surface area contributed by atoms with Gasteiger partial charge in [0.25, 0.3) is 0 Å². The van der Waals surface area contributed by atoms with E-state index in [4.69, 9.17) is 4.74 Å². The van der Waals surface area contributed by atoms with E-state index in [-0.39, 0.29) is 6.10 Å². The SMILES string of the molecule is CC(C)Oc1cc(CBr)ccc1Br. The molecule has 0 atom stereocenters. The lowest BCUT2D eigenvalue weighted by atomic mass is 10.2. The highest BCUT2D eigenvalue weighted by molar-refractivity contribution is 9.10. The maximum absolute atomic E-state index is 5.62. The number of halogens is 2. The molecule has 1 aromatic rings. The maximum atomic E-state index is 5.62. The van der Waals surface area contributed by atoms with Crippen LogP contribution in [0.1, 0.15) is 19.4 Å². The highest BCUT2D eigenvalue weighted by Crippen LogP contribution is 2.27. The van der Waals surface area contributed by atoms with Crippen LogP contribution in [0.5, 0.6) is 5.75 Å². The molecule has 1 nitrogen and oxygen atoms in total. The fourth-order valence-corrected chi connectivity index (χ4v) is 1.66. The molecule has 3 heteroatoms. The van der Waals surface area contributed by atoms with Crippen LogP contribution in [-0.4, -0.2) is 6.10 Å². The van der Waals surface area contributed by atoms with E-state index in [2.05, 4.69) is 37.9 Å². The number of alkyl halides is 1. The third-order valence-electron chi connectivity index (χ3n) is 1.51. The first-order chi connectivity index (χ1) is 6.13. The van der Waals surface area contributed by atoms with Gasteiger partial charge in [0.05, 0.1) is 10.6 Å². The standard InChI is InChI=1S/C10H12Br2O/c1-7(2)13-10-5-8(6-11)3-4-9(10)12/h3-5,7H,6H2,1-2H3. The van der Waals surface area contributed by atoms with Crippen LogP contribution in [0, 0.1) is 0 Å². The van der Waals surface area contributed by atoms with E-state index in [1.165, 1.54) is 5.56 Å². The molecule has 0 spiro atoms. The zero-order valence-corrected chi connectivity index (χ0v) is 10.9. The molecular weight excluding hydrogens is 296 g/mol. The number of hydrogen-bond donors (Lipinski definition) is 0. The van der Waals surface area contributed by atoms with Crippen molar-refractivity contribution in [3.63, 3.8) is 0 Å². The smallest absolute Gasteiger partial charge is 0.134 e. The van der Waals surface area contributed by atoms with Gasteiger partial charge in [-0.25, -0.2) is 0 Å². The van der Waals surface area contributed by atoms with Crippen molar-refractivity contribution in [2.24, 2.45) is 0 Å². The van der Waals surface area contributed by atoms with Crippen molar-refractivity contribution in [3.05, 3.63) is 28.2 Å². The Hall–Kier alpha value is -0.0200. The molecule has 0 saturated heterocycles. The Morgan fingerprint density at radius 3 is 2.62 bits per heavy atom. The van der Waals surface area contributed by atoms with E-state index in [0.717, 1.165) is 15.6 Å². The first kappa shape index (κ1) is 11.1. The summed E-state index contributed by atoms with van der Waals surface area (Å²) in [6.07, 6.45) is 0.210. The van der Waals surface area contributed by atoms with Crippen molar-refractivity contribution >= 4 is 31.9 Å². The molecule has 0 heterocycles. The minimum atomic E-state index is 0.210. The minimum absolute atomic E-state index is 0.210. The summed E-state index contributed by atoms with van der Waals surface area (Å²) < 4.78 is 6.63. The van der Waals surface area contributed by atoms with Crippen molar-refractivity contribution in [1.82, 2.24) is 0 Å². The molecule has 1 aromatic carbocycles. The van der Waals surface area contributed by atoms with Gasteiger partial charge in [-0.2, -0.15) is 0 Å². The molecule has 0 bridgehead atoms. The second kappa shape index (κ2) is 5.01. The molecule has 13 heavy (non-hydrogen) atoms. The van der Waals surface area contributed by atoms with E-state index in [1.807, 2.05) is 26.0 Å². The molecule has 0 aliphatic carbocycles. The Kier molecular flexibility index (Phi) is 4.26. The lowest BCUT2D eigenvalue weighted by Crippen LogP contribution is -2.06. The molecule has 0 aliphatic rings. The molecule has 0 amide bonds. The Morgan fingerprint density at radius 1 is 1.38 bits per heavy atom. The summed E-state index contributed by atoms with van der Waals surface area (Å²) >= 11 is 6.86. The maximum Gasteiger partial charge on any atom is 0.134 e. The van der Waals surface area contributed by atoms with E-state index < -0.39 is 0 Å². The number of rotatable bonds is 3. The first-order valence-corrected chi connectivity index (χ1v) is 6.06. The average Bonchev–Trinajstić information content (AvgIpc) is 2.08. The van der Waals surface area contributed by atoms with Crippen molar-refractivity contribution < 1.29 is 4.74 Å². The predicted molar refractivity (Wildman–Crippen MR) is 62.5 cm³/mol. The first-order valence-electron chi connectivity index (χ1n) is 4.14. The van der Waals surface area contributed by atoms with Crippen molar-refractivity contribution in [3.8, 4) is 5.75 Å². The highest BCUT2D eigenvalue weighted by Gasteiger charge is 2.03. The van der Waals surface area contributed by atoms with E-state index >= 15 is 0 Å². The summed E-state index contributed by atoms with van der Waals surface area (Å²) in [5, 5.41) is 0.856. The largest absolute Gasteiger partial charge is 0.490 e. The number of ether oxygens (including phenoxy) is 1. The van der Waals surface area contributed by atoms with Crippen LogP contribution in [-0.2, 0) is 5.33 Å². The van der Waals surface area contributed by atoms with Gasteiger partial charge in [-0.1, -0.05) is 22.0 Å². The minimum Gasteiger partial charge on any atom is -0.490 e. The normalized spacial score (nSPS) is 10.5. The molecule has 1 rings (SSSR count). The number of benzene rings is 1. The van der Waals surface area contributed by atoms with Gasteiger partial charge in [-0.3, -0.25) is 0 Å². The fourth-order valence-electron chi connectivity index (χ4n) is 0.975. The summed E-state index contributed by atoms with van der Waals surface area (Å²) in [5.41, 5.74) is 1.22. The Labute approximate surface area is 95.7 Å². The number of hydrogen-bond acceptors (Lipinski definition) is 1. The molecule has 0 radical (unpaired) electrons. The molecule has 0 fully saturated rings. The van der Waals surface area contributed by atoms with Gasteiger partial charge in [-0.05, 0) is 47.5 Å².